The number of rotatable bonds is 15. The fourth-order valence-electron chi connectivity index (χ4n) is 4.68. The maximum atomic E-state index is 11.7. The fourth-order valence-corrected chi connectivity index (χ4v) is 6.14. The van der Waals surface area contributed by atoms with Crippen LogP contribution in [0.3, 0.4) is 0 Å². The van der Waals surface area contributed by atoms with Gasteiger partial charge >= 0.3 is 37.1 Å². The Morgan fingerprint density at radius 2 is 1.46 bits per heavy atom. The molecule has 0 aromatic heterocycles. The summed E-state index contributed by atoms with van der Waals surface area (Å²) in [5.74, 6) is -4.05. The normalized spacial score (nSPS) is 35.3. The smallest absolute Gasteiger partial charge is 0.397 e. The van der Waals surface area contributed by atoms with E-state index in [-0.39, 0.29) is 13.0 Å². The minimum absolute atomic E-state index is 0.00287. The van der Waals surface area contributed by atoms with Crippen molar-refractivity contribution in [2.75, 3.05) is 33.5 Å². The highest BCUT2D eigenvalue weighted by molar-refractivity contribution is 7.83. The van der Waals surface area contributed by atoms with Gasteiger partial charge in [-0.2, -0.15) is 30.0 Å². The van der Waals surface area contributed by atoms with Crippen LogP contribution in [0.4, 0.5) is 0 Å². The molecule has 2 fully saturated rings. The molecule has 41 heavy (non-hydrogen) atoms. The molecule has 0 saturated carbocycles. The van der Waals surface area contributed by atoms with Crippen molar-refractivity contribution in [3.63, 3.8) is 0 Å². The second-order valence-electron chi connectivity index (χ2n) is 9.18. The number of nitrogens with one attached hydrogen (secondary N) is 1. The van der Waals surface area contributed by atoms with E-state index in [9.17, 15) is 49.9 Å². The first-order chi connectivity index (χ1) is 18.8. The summed E-state index contributed by atoms with van der Waals surface area (Å²) < 4.78 is 127. The molecule has 2 saturated heterocycles. The lowest BCUT2D eigenvalue weighted by atomic mass is 9.84. The lowest BCUT2D eigenvalue weighted by Crippen LogP contribution is -2.64. The number of ether oxygens (including phenoxy) is 4. The Bertz CT molecular complexity index is 1190. The molecular weight excluding hydrogens is 630 g/mol. The molecule has 0 bridgehead atoms. The van der Waals surface area contributed by atoms with Gasteiger partial charge in [-0.1, -0.05) is 6.92 Å². The van der Waals surface area contributed by atoms with Crippen LogP contribution in [0.25, 0.3) is 0 Å². The molecule has 4 unspecified atom stereocenters. The summed E-state index contributed by atoms with van der Waals surface area (Å²) in [6, 6.07) is -1.59. The number of aliphatic hydroxyl groups is 2. The lowest BCUT2D eigenvalue weighted by Gasteiger charge is -2.45. The Hall–Kier alpha value is -1.16. The Morgan fingerprint density at radius 3 is 1.95 bits per heavy atom. The van der Waals surface area contributed by atoms with Gasteiger partial charge in [0.2, 0.25) is 0 Å². The quantitative estimate of drug-likeness (QED) is 0.0832. The SMILES string of the molecule is CC[C@@H]1C(C(=O)O)O[C@@H](COC[C@@H]2C(COS(=O)(=O)O)O[C@H](COC)C(NS(=O)(=O)O)[C@@H]2O)C(OS(=O)(=O)O)[C@@H]1O. The van der Waals surface area contributed by atoms with Gasteiger partial charge in [-0.3, -0.25) is 13.7 Å². The molecule has 20 nitrogen and oxygen atoms in total. The highest BCUT2D eigenvalue weighted by Crippen LogP contribution is 2.33. The second-order valence-corrected chi connectivity index (χ2v) is 12.5. The molecule has 242 valence electrons. The first-order valence-electron chi connectivity index (χ1n) is 11.8. The Kier molecular flexibility index (Phi) is 12.8. The van der Waals surface area contributed by atoms with Crippen molar-refractivity contribution in [2.24, 2.45) is 11.8 Å². The summed E-state index contributed by atoms with van der Waals surface area (Å²) in [5.41, 5.74) is 0. The van der Waals surface area contributed by atoms with Crippen LogP contribution in [0.2, 0.25) is 0 Å². The number of carbonyl (C=O) groups is 1. The minimum Gasteiger partial charge on any atom is -0.479 e. The van der Waals surface area contributed by atoms with Crippen LogP contribution in [0.15, 0.2) is 0 Å². The van der Waals surface area contributed by atoms with Crippen molar-refractivity contribution in [2.45, 2.75) is 62.1 Å². The van der Waals surface area contributed by atoms with Crippen molar-refractivity contribution in [1.82, 2.24) is 4.72 Å². The number of aliphatic hydroxyl groups excluding tert-OH is 2. The van der Waals surface area contributed by atoms with Crippen LogP contribution in [-0.2, 0) is 63.2 Å². The minimum atomic E-state index is -5.18. The van der Waals surface area contributed by atoms with Gasteiger partial charge in [-0.15, -0.1) is 0 Å². The van der Waals surface area contributed by atoms with Crippen molar-refractivity contribution in [1.29, 1.82) is 0 Å². The van der Waals surface area contributed by atoms with E-state index >= 15 is 0 Å². The molecule has 0 aromatic carbocycles. The van der Waals surface area contributed by atoms with E-state index in [1.54, 1.807) is 4.72 Å². The van der Waals surface area contributed by atoms with Crippen LogP contribution < -0.4 is 4.72 Å². The molecule has 0 aliphatic carbocycles. The van der Waals surface area contributed by atoms with Crippen LogP contribution >= 0.6 is 0 Å². The molecule has 0 amide bonds. The van der Waals surface area contributed by atoms with Crippen LogP contribution in [0, 0.1) is 11.8 Å². The summed E-state index contributed by atoms with van der Waals surface area (Å²) >= 11 is 0. The predicted molar refractivity (Wildman–Crippen MR) is 129 cm³/mol. The zero-order valence-corrected chi connectivity index (χ0v) is 24.0. The summed E-state index contributed by atoms with van der Waals surface area (Å²) in [6.07, 6.45) is -11.5. The molecule has 10 atom stereocenters. The number of hydrogen-bond donors (Lipinski definition) is 7. The van der Waals surface area contributed by atoms with E-state index in [4.69, 9.17) is 28.1 Å². The van der Waals surface area contributed by atoms with E-state index < -0.39 is 117 Å². The molecular formula is C18H33NO19S3. The fraction of sp³-hybridized carbons (Fsp3) is 0.944. The molecule has 2 rings (SSSR count). The molecule has 2 aliphatic heterocycles. The summed E-state index contributed by atoms with van der Waals surface area (Å²) in [4.78, 5) is 11.7. The molecule has 0 spiro atoms. The largest absolute Gasteiger partial charge is 0.479 e. The maximum absolute atomic E-state index is 11.7. The van der Waals surface area contributed by atoms with Crippen LogP contribution in [0.5, 0.6) is 0 Å². The third kappa shape index (κ3) is 10.8. The third-order valence-electron chi connectivity index (χ3n) is 6.42. The molecule has 23 heteroatoms. The lowest BCUT2D eigenvalue weighted by molar-refractivity contribution is -0.222. The van der Waals surface area contributed by atoms with E-state index in [2.05, 4.69) is 8.37 Å². The highest BCUT2D eigenvalue weighted by atomic mass is 32.3. The van der Waals surface area contributed by atoms with Crippen molar-refractivity contribution in [3.05, 3.63) is 0 Å². The van der Waals surface area contributed by atoms with Crippen molar-refractivity contribution in [3.8, 4) is 0 Å². The summed E-state index contributed by atoms with van der Waals surface area (Å²) in [7, 11) is -13.9. The van der Waals surface area contributed by atoms with Crippen molar-refractivity contribution < 1.29 is 86.3 Å². The first kappa shape index (κ1) is 36.0. The molecule has 2 heterocycles. The topological polar surface area (TPSA) is 308 Å². The van der Waals surface area contributed by atoms with E-state index in [1.807, 2.05) is 0 Å². The molecule has 7 N–H and O–H groups in total. The van der Waals surface area contributed by atoms with Gasteiger partial charge in [-0.25, -0.2) is 13.2 Å². The monoisotopic (exact) mass is 663 g/mol. The van der Waals surface area contributed by atoms with Gasteiger partial charge < -0.3 is 34.3 Å². The summed E-state index contributed by atoms with van der Waals surface area (Å²) in [6.45, 7) is -1.23. The Balaban J connectivity index is 2.31. The maximum Gasteiger partial charge on any atom is 0.397 e. The standard InChI is InChI=1S/C18H33NO19S3/c1-3-8-15(21)17(38-41(30,31)32)12(37-16(8)18(22)23)6-34-4-9-10(7-35-40(27,28)29)36-11(5-33-2)13(14(9)20)19-39(24,25)26/h8-17,19-21H,3-7H2,1-2H3,(H,22,23)(H,24,25,26)(H,27,28,29)(H,30,31,32)/t8-,9+,10?,11+,12-,13?,14+,15+,16?,17?/m0/s1. The van der Waals surface area contributed by atoms with E-state index in [1.165, 1.54) is 14.0 Å². The van der Waals surface area contributed by atoms with Gasteiger partial charge in [0.25, 0.3) is 0 Å². The third-order valence-corrected chi connectivity index (χ3v) is 7.89. The molecule has 2 aliphatic rings. The second kappa shape index (κ2) is 14.5. The number of aliphatic carboxylic acids is 1. The van der Waals surface area contributed by atoms with Gasteiger partial charge in [-0.05, 0) is 6.42 Å². The van der Waals surface area contributed by atoms with Gasteiger partial charge in [0.05, 0.1) is 50.8 Å². The summed E-state index contributed by atoms with van der Waals surface area (Å²) in [5, 5.41) is 31.1. The van der Waals surface area contributed by atoms with Gasteiger partial charge in [0.1, 0.15) is 18.3 Å². The Labute approximate surface area is 235 Å². The van der Waals surface area contributed by atoms with Gasteiger partial charge in [0, 0.05) is 18.9 Å². The Morgan fingerprint density at radius 1 is 0.829 bits per heavy atom. The average molecular weight is 664 g/mol. The number of hydrogen-bond acceptors (Lipinski definition) is 15. The van der Waals surface area contributed by atoms with Crippen molar-refractivity contribution >= 4 is 37.1 Å². The van der Waals surface area contributed by atoms with E-state index in [0.717, 1.165) is 0 Å². The average Bonchev–Trinajstić information content (AvgIpc) is 2.81. The highest BCUT2D eigenvalue weighted by Gasteiger charge is 2.50. The zero-order chi connectivity index (χ0) is 31.3. The van der Waals surface area contributed by atoms with Crippen LogP contribution in [-0.4, -0.2) is 143 Å². The molecule has 0 aromatic rings. The van der Waals surface area contributed by atoms with Crippen LogP contribution in [0.1, 0.15) is 13.3 Å². The predicted octanol–water partition coefficient (Wildman–Crippen LogP) is -3.60. The van der Waals surface area contributed by atoms with E-state index in [0.29, 0.717) is 0 Å². The first-order valence-corrected chi connectivity index (χ1v) is 15.9. The number of carboxylic acids is 1. The van der Waals surface area contributed by atoms with Gasteiger partial charge in [0.15, 0.2) is 6.10 Å². The number of carboxylic acid groups (broad SMARTS) is 1. The molecule has 0 radical (unpaired) electrons. The number of methoxy groups -OCH3 is 1. The zero-order valence-electron chi connectivity index (χ0n) is 21.5.